The molecule has 0 spiro atoms. The van der Waals surface area contributed by atoms with E-state index in [4.69, 9.17) is 5.11 Å². The molecule has 0 aliphatic heterocycles. The smallest absolute Gasteiger partial charge is 0.120 e. The van der Waals surface area contributed by atoms with Crippen LogP contribution in [0.3, 0.4) is 0 Å². The average molecular weight is 261 g/mol. The molecule has 0 heterocycles. The monoisotopic (exact) mass is 261 g/mol. The molecule has 0 aliphatic rings. The number of aliphatic hydroxyl groups excluding tert-OH is 1. The van der Waals surface area contributed by atoms with Gasteiger partial charge in [0.05, 0.1) is 12.2 Å². The van der Waals surface area contributed by atoms with Gasteiger partial charge in [-0.25, -0.2) is 0 Å². The number of phenols is 1. The van der Waals surface area contributed by atoms with E-state index in [1.807, 2.05) is 30.3 Å². The molecule has 0 fully saturated rings. The number of aromatic hydroxyl groups is 1. The van der Waals surface area contributed by atoms with E-state index in [1.54, 1.807) is 13.0 Å². The van der Waals surface area contributed by atoms with Crippen molar-refractivity contribution in [2.45, 2.75) is 19.1 Å². The zero-order valence-electron chi connectivity index (χ0n) is 10.9. The van der Waals surface area contributed by atoms with Gasteiger partial charge < -0.3 is 20.6 Å². The fourth-order valence-electron chi connectivity index (χ4n) is 2.02. The minimum atomic E-state index is -1.15. The highest BCUT2D eigenvalue weighted by atomic mass is 16.3. The third kappa shape index (κ3) is 3.23. The Morgan fingerprint density at radius 3 is 2.63 bits per heavy atom. The summed E-state index contributed by atoms with van der Waals surface area (Å²) in [5, 5.41) is 33.7. The molecule has 0 aliphatic carbocycles. The highest BCUT2D eigenvalue weighted by Gasteiger charge is 2.18. The van der Waals surface area contributed by atoms with E-state index in [1.165, 1.54) is 0 Å². The molecule has 4 N–H and O–H groups in total. The zero-order chi connectivity index (χ0) is 13.9. The Bertz CT molecular complexity index is 566. The van der Waals surface area contributed by atoms with Crippen molar-refractivity contribution in [1.29, 1.82) is 0 Å². The van der Waals surface area contributed by atoms with Crippen LogP contribution in [0.4, 0.5) is 0 Å². The number of benzene rings is 2. The van der Waals surface area contributed by atoms with Gasteiger partial charge in [0.25, 0.3) is 0 Å². The second-order valence-electron chi connectivity index (χ2n) is 5.04. The predicted molar refractivity (Wildman–Crippen MR) is 75.0 cm³/mol. The van der Waals surface area contributed by atoms with Crippen molar-refractivity contribution in [3.05, 3.63) is 42.0 Å². The van der Waals surface area contributed by atoms with Gasteiger partial charge in [0, 0.05) is 18.7 Å². The second-order valence-corrected chi connectivity index (χ2v) is 5.04. The third-order valence-corrected chi connectivity index (χ3v) is 3.16. The molecule has 2 aromatic rings. The van der Waals surface area contributed by atoms with Crippen LogP contribution in [0.25, 0.3) is 10.8 Å². The Hall–Kier alpha value is -1.62. The molecular formula is C15H19NO3. The van der Waals surface area contributed by atoms with Gasteiger partial charge in [-0.3, -0.25) is 0 Å². The lowest BCUT2D eigenvalue weighted by Crippen LogP contribution is -2.40. The minimum Gasteiger partial charge on any atom is -0.508 e. The van der Waals surface area contributed by atoms with Crippen LogP contribution in [0, 0.1) is 0 Å². The van der Waals surface area contributed by atoms with Gasteiger partial charge >= 0.3 is 0 Å². The zero-order valence-corrected chi connectivity index (χ0v) is 10.9. The van der Waals surface area contributed by atoms with E-state index in [2.05, 4.69) is 5.32 Å². The number of rotatable bonds is 5. The first-order valence-corrected chi connectivity index (χ1v) is 6.27. The molecule has 0 saturated carbocycles. The van der Waals surface area contributed by atoms with Crippen LogP contribution in [0.15, 0.2) is 36.4 Å². The number of fused-ring (bicyclic) bond motifs is 1. The second kappa shape index (κ2) is 5.57. The summed E-state index contributed by atoms with van der Waals surface area (Å²) in [6, 6.07) is 11.4. The van der Waals surface area contributed by atoms with Crippen molar-refractivity contribution in [2.24, 2.45) is 0 Å². The third-order valence-electron chi connectivity index (χ3n) is 3.16. The standard InChI is InChI=1S/C15H19NO3/c1-15(19,10-17)9-16-8-13-12-5-3-2-4-11(12)6-7-14(13)18/h2-7,16-19H,8-10H2,1H3. The Morgan fingerprint density at radius 1 is 1.16 bits per heavy atom. The Morgan fingerprint density at radius 2 is 1.89 bits per heavy atom. The number of hydrogen-bond donors (Lipinski definition) is 4. The van der Waals surface area contributed by atoms with Crippen molar-refractivity contribution in [3.8, 4) is 5.75 Å². The maximum Gasteiger partial charge on any atom is 0.120 e. The van der Waals surface area contributed by atoms with Gasteiger partial charge in [-0.15, -0.1) is 0 Å². The van der Waals surface area contributed by atoms with Gasteiger partial charge in [-0.2, -0.15) is 0 Å². The molecule has 1 unspecified atom stereocenters. The molecule has 0 radical (unpaired) electrons. The average Bonchev–Trinajstić information content (AvgIpc) is 2.41. The largest absolute Gasteiger partial charge is 0.508 e. The molecular weight excluding hydrogens is 242 g/mol. The molecule has 0 saturated heterocycles. The van der Waals surface area contributed by atoms with Gasteiger partial charge in [0.2, 0.25) is 0 Å². The van der Waals surface area contributed by atoms with Gasteiger partial charge in [-0.1, -0.05) is 30.3 Å². The van der Waals surface area contributed by atoms with Gasteiger partial charge in [-0.05, 0) is 23.8 Å². The SMILES string of the molecule is CC(O)(CO)CNCc1c(O)ccc2ccccc12. The van der Waals surface area contributed by atoms with E-state index in [0.29, 0.717) is 6.54 Å². The van der Waals surface area contributed by atoms with Crippen LogP contribution < -0.4 is 5.32 Å². The van der Waals surface area contributed by atoms with Crippen LogP contribution in [0.1, 0.15) is 12.5 Å². The summed E-state index contributed by atoms with van der Waals surface area (Å²) in [5.74, 6) is 0.231. The van der Waals surface area contributed by atoms with E-state index >= 15 is 0 Å². The maximum absolute atomic E-state index is 9.94. The highest BCUT2D eigenvalue weighted by Crippen LogP contribution is 2.26. The van der Waals surface area contributed by atoms with Crippen LogP contribution in [0.5, 0.6) is 5.75 Å². The van der Waals surface area contributed by atoms with Crippen LogP contribution in [-0.2, 0) is 6.54 Å². The first-order chi connectivity index (χ1) is 9.03. The van der Waals surface area contributed by atoms with E-state index < -0.39 is 5.60 Å². The lowest BCUT2D eigenvalue weighted by Gasteiger charge is -2.21. The topological polar surface area (TPSA) is 72.7 Å². The van der Waals surface area contributed by atoms with Gasteiger partial charge in [0.15, 0.2) is 0 Å². The minimum absolute atomic E-state index is 0.231. The molecule has 0 aromatic heterocycles. The van der Waals surface area contributed by atoms with Crippen molar-refractivity contribution < 1.29 is 15.3 Å². The van der Waals surface area contributed by atoms with Crippen molar-refractivity contribution in [2.75, 3.05) is 13.2 Å². The number of phenolic OH excluding ortho intramolecular Hbond substituents is 1. The fourth-order valence-corrected chi connectivity index (χ4v) is 2.02. The first-order valence-electron chi connectivity index (χ1n) is 6.27. The summed E-state index contributed by atoms with van der Waals surface area (Å²) < 4.78 is 0. The van der Waals surface area contributed by atoms with Gasteiger partial charge in [0.1, 0.15) is 5.75 Å². The van der Waals surface area contributed by atoms with Crippen molar-refractivity contribution in [1.82, 2.24) is 5.32 Å². The van der Waals surface area contributed by atoms with Crippen molar-refractivity contribution >= 4 is 10.8 Å². The quantitative estimate of drug-likeness (QED) is 0.656. The molecule has 4 nitrogen and oxygen atoms in total. The van der Waals surface area contributed by atoms with Crippen LogP contribution in [0.2, 0.25) is 0 Å². The number of nitrogens with one attached hydrogen (secondary N) is 1. The molecule has 2 aromatic carbocycles. The molecule has 19 heavy (non-hydrogen) atoms. The van der Waals surface area contributed by atoms with Crippen LogP contribution in [-0.4, -0.2) is 34.1 Å². The first kappa shape index (κ1) is 13.8. The Kier molecular flexibility index (Phi) is 4.04. The van der Waals surface area contributed by atoms with E-state index in [-0.39, 0.29) is 18.9 Å². The van der Waals surface area contributed by atoms with E-state index in [0.717, 1.165) is 16.3 Å². The molecule has 1 atom stereocenters. The lowest BCUT2D eigenvalue weighted by atomic mass is 10.0. The number of aliphatic hydroxyl groups is 2. The number of hydrogen-bond acceptors (Lipinski definition) is 4. The summed E-state index contributed by atoms with van der Waals surface area (Å²) in [6.07, 6.45) is 0. The van der Waals surface area contributed by atoms with E-state index in [9.17, 15) is 10.2 Å². The lowest BCUT2D eigenvalue weighted by molar-refractivity contribution is 0.00252. The summed E-state index contributed by atoms with van der Waals surface area (Å²) in [5.41, 5.74) is -0.355. The summed E-state index contributed by atoms with van der Waals surface area (Å²) >= 11 is 0. The summed E-state index contributed by atoms with van der Waals surface area (Å²) in [6.45, 7) is 1.94. The molecule has 0 amide bonds. The fraction of sp³-hybridized carbons (Fsp3) is 0.333. The summed E-state index contributed by atoms with van der Waals surface area (Å²) in [4.78, 5) is 0. The Labute approximate surface area is 112 Å². The molecule has 102 valence electrons. The molecule has 0 bridgehead atoms. The van der Waals surface area contributed by atoms with Crippen molar-refractivity contribution in [3.63, 3.8) is 0 Å². The normalized spacial score (nSPS) is 14.5. The van der Waals surface area contributed by atoms with Crippen LogP contribution >= 0.6 is 0 Å². The summed E-state index contributed by atoms with van der Waals surface area (Å²) in [7, 11) is 0. The molecule has 2 rings (SSSR count). The maximum atomic E-state index is 9.94. The molecule has 4 heteroatoms. The predicted octanol–water partition coefficient (Wildman–Crippen LogP) is 1.38. The highest BCUT2D eigenvalue weighted by molar-refractivity contribution is 5.87. The Balaban J connectivity index is 2.18.